The summed E-state index contributed by atoms with van der Waals surface area (Å²) >= 11 is 6.46. The number of anilines is 1. The first kappa shape index (κ1) is 20.7. The van der Waals surface area contributed by atoms with Crippen LogP contribution in [0.15, 0.2) is 65.6 Å². The van der Waals surface area contributed by atoms with Crippen molar-refractivity contribution in [1.29, 1.82) is 0 Å². The van der Waals surface area contributed by atoms with Gasteiger partial charge >= 0.3 is 0 Å². The molecule has 3 aromatic rings. The minimum atomic E-state index is -3.75. The molecule has 1 heterocycles. The molecule has 28 heavy (non-hydrogen) atoms. The second-order valence-electron chi connectivity index (χ2n) is 6.43. The Kier molecular flexibility index (Phi) is 6.35. The van der Waals surface area contributed by atoms with Crippen LogP contribution >= 0.6 is 24.0 Å². The summed E-state index contributed by atoms with van der Waals surface area (Å²) in [6.45, 7) is 1.71. The summed E-state index contributed by atoms with van der Waals surface area (Å²) < 4.78 is 34.3. The maximum atomic E-state index is 12.8. The van der Waals surface area contributed by atoms with Crippen molar-refractivity contribution in [2.45, 2.75) is 17.4 Å². The van der Waals surface area contributed by atoms with Gasteiger partial charge in [-0.3, -0.25) is 4.72 Å². The van der Waals surface area contributed by atoms with Crippen molar-refractivity contribution < 1.29 is 13.2 Å². The van der Waals surface area contributed by atoms with E-state index in [2.05, 4.69) is 10.0 Å². The molecule has 1 aliphatic heterocycles. The van der Waals surface area contributed by atoms with E-state index in [1.54, 1.807) is 36.4 Å². The number of nitrogens with one attached hydrogen (secondary N) is 2. The Morgan fingerprint density at radius 1 is 1.04 bits per heavy atom. The van der Waals surface area contributed by atoms with Crippen LogP contribution in [0, 0.1) is 0 Å². The van der Waals surface area contributed by atoms with Gasteiger partial charge in [-0.25, -0.2) is 8.42 Å². The van der Waals surface area contributed by atoms with Gasteiger partial charge in [-0.15, -0.1) is 12.4 Å². The number of sulfonamides is 1. The quantitative estimate of drug-likeness (QED) is 0.616. The lowest BCUT2D eigenvalue weighted by molar-refractivity contribution is 0.226. The van der Waals surface area contributed by atoms with Crippen LogP contribution in [0.1, 0.15) is 6.42 Å². The molecule has 0 bridgehead atoms. The number of benzene rings is 3. The topological polar surface area (TPSA) is 67.4 Å². The third-order valence-corrected chi connectivity index (χ3v) is 6.22. The molecule has 0 saturated carbocycles. The van der Waals surface area contributed by atoms with Crippen LogP contribution in [-0.4, -0.2) is 27.6 Å². The van der Waals surface area contributed by atoms with Gasteiger partial charge in [0.15, 0.2) is 0 Å². The molecule has 0 spiro atoms. The lowest BCUT2D eigenvalue weighted by Crippen LogP contribution is -2.20. The molecule has 1 atom stereocenters. The summed E-state index contributed by atoms with van der Waals surface area (Å²) in [5, 5.41) is 5.08. The molecule has 8 heteroatoms. The summed E-state index contributed by atoms with van der Waals surface area (Å²) in [6, 6.07) is 17.4. The third-order valence-electron chi connectivity index (χ3n) is 4.56. The predicted octanol–water partition coefficient (Wildman–Crippen LogP) is 4.46. The van der Waals surface area contributed by atoms with E-state index < -0.39 is 10.0 Å². The molecular weight excluding hydrogens is 419 g/mol. The van der Waals surface area contributed by atoms with E-state index in [9.17, 15) is 8.42 Å². The Hall–Kier alpha value is -1.99. The SMILES string of the molecule is Cl.O=S(=O)(Nc1c(Cl)cc(O[C@@H]2CCNC2)c2ccccc12)c1ccccc1. The Bertz CT molecular complexity index is 1070. The molecule has 0 aromatic heterocycles. The molecule has 0 aliphatic carbocycles. The van der Waals surface area contributed by atoms with Gasteiger partial charge in [0.2, 0.25) is 0 Å². The first-order chi connectivity index (χ1) is 13.0. The molecule has 1 aliphatic rings. The Labute approximate surface area is 175 Å². The number of rotatable bonds is 5. The van der Waals surface area contributed by atoms with Gasteiger partial charge < -0.3 is 10.1 Å². The highest BCUT2D eigenvalue weighted by Gasteiger charge is 2.21. The van der Waals surface area contributed by atoms with Gasteiger partial charge in [0.1, 0.15) is 11.9 Å². The molecule has 0 amide bonds. The van der Waals surface area contributed by atoms with Gasteiger partial charge in [0.25, 0.3) is 10.0 Å². The van der Waals surface area contributed by atoms with Crippen LogP contribution in [-0.2, 0) is 10.0 Å². The summed E-state index contributed by atoms with van der Waals surface area (Å²) in [4.78, 5) is 0.183. The number of hydrogen-bond donors (Lipinski definition) is 2. The Morgan fingerprint density at radius 3 is 2.39 bits per heavy atom. The van der Waals surface area contributed by atoms with Crippen molar-refractivity contribution in [3.05, 3.63) is 65.7 Å². The first-order valence-electron chi connectivity index (χ1n) is 8.71. The minimum absolute atomic E-state index is 0. The van der Waals surface area contributed by atoms with Crippen molar-refractivity contribution in [1.82, 2.24) is 5.32 Å². The maximum absolute atomic E-state index is 12.8. The van der Waals surface area contributed by atoms with Gasteiger partial charge in [-0.2, -0.15) is 0 Å². The fraction of sp³-hybridized carbons (Fsp3) is 0.200. The summed E-state index contributed by atoms with van der Waals surface area (Å²) in [6.07, 6.45) is 1.00. The van der Waals surface area contributed by atoms with E-state index in [0.717, 1.165) is 24.9 Å². The van der Waals surface area contributed by atoms with Gasteiger partial charge in [0, 0.05) is 23.4 Å². The zero-order valence-electron chi connectivity index (χ0n) is 14.9. The largest absolute Gasteiger partial charge is 0.488 e. The third kappa shape index (κ3) is 4.20. The lowest BCUT2D eigenvalue weighted by Gasteiger charge is -2.18. The Morgan fingerprint density at radius 2 is 1.71 bits per heavy atom. The highest BCUT2D eigenvalue weighted by Crippen LogP contribution is 2.39. The van der Waals surface area contributed by atoms with Crippen LogP contribution in [0.4, 0.5) is 5.69 Å². The van der Waals surface area contributed by atoms with Crippen molar-refractivity contribution in [3.63, 3.8) is 0 Å². The van der Waals surface area contributed by atoms with E-state index >= 15 is 0 Å². The molecule has 4 rings (SSSR count). The number of hydrogen-bond acceptors (Lipinski definition) is 4. The van der Waals surface area contributed by atoms with Crippen molar-refractivity contribution in [2.75, 3.05) is 17.8 Å². The fourth-order valence-electron chi connectivity index (χ4n) is 3.21. The summed E-state index contributed by atoms with van der Waals surface area (Å²) in [5.74, 6) is 0.659. The van der Waals surface area contributed by atoms with Crippen LogP contribution in [0.2, 0.25) is 5.02 Å². The van der Waals surface area contributed by atoms with Crippen LogP contribution < -0.4 is 14.8 Å². The second-order valence-corrected chi connectivity index (χ2v) is 8.52. The average molecular weight is 439 g/mol. The van der Waals surface area contributed by atoms with Gasteiger partial charge in [-0.1, -0.05) is 54.1 Å². The molecular formula is C20H20Cl2N2O3S. The van der Waals surface area contributed by atoms with Crippen molar-refractivity contribution in [2.24, 2.45) is 0 Å². The lowest BCUT2D eigenvalue weighted by atomic mass is 10.1. The van der Waals surface area contributed by atoms with E-state index in [4.69, 9.17) is 16.3 Å². The first-order valence-corrected chi connectivity index (χ1v) is 10.6. The van der Waals surface area contributed by atoms with Crippen LogP contribution in [0.5, 0.6) is 5.75 Å². The molecule has 2 N–H and O–H groups in total. The zero-order chi connectivity index (χ0) is 18.9. The Balaban J connectivity index is 0.00000225. The van der Waals surface area contributed by atoms with Gasteiger partial charge in [0.05, 0.1) is 15.6 Å². The normalized spacial score (nSPS) is 16.5. The van der Waals surface area contributed by atoms with Crippen LogP contribution in [0.3, 0.4) is 0 Å². The molecule has 1 fully saturated rings. The molecule has 0 unspecified atom stereocenters. The monoisotopic (exact) mass is 438 g/mol. The minimum Gasteiger partial charge on any atom is -0.488 e. The standard InChI is InChI=1S/C20H19ClN2O3S.ClH/c21-18-12-19(26-14-10-11-22-13-14)16-8-4-5-9-17(16)20(18)23-27(24,25)15-6-2-1-3-7-15;/h1-9,12,14,22-23H,10-11,13H2;1H/t14-;/m1./s1. The highest BCUT2D eigenvalue weighted by molar-refractivity contribution is 7.92. The van der Waals surface area contributed by atoms with E-state index in [0.29, 0.717) is 21.8 Å². The van der Waals surface area contributed by atoms with Crippen molar-refractivity contribution >= 4 is 50.5 Å². The van der Waals surface area contributed by atoms with E-state index in [1.807, 2.05) is 24.3 Å². The average Bonchev–Trinajstić information content (AvgIpc) is 3.19. The summed E-state index contributed by atoms with van der Waals surface area (Å²) in [7, 11) is -3.75. The zero-order valence-corrected chi connectivity index (χ0v) is 17.3. The fourth-order valence-corrected chi connectivity index (χ4v) is 4.64. The maximum Gasteiger partial charge on any atom is 0.261 e. The number of halogens is 2. The number of fused-ring (bicyclic) bond motifs is 1. The number of ether oxygens (including phenoxy) is 1. The van der Waals surface area contributed by atoms with E-state index in [-0.39, 0.29) is 23.4 Å². The van der Waals surface area contributed by atoms with E-state index in [1.165, 1.54) is 0 Å². The van der Waals surface area contributed by atoms with Crippen molar-refractivity contribution in [3.8, 4) is 5.75 Å². The predicted molar refractivity (Wildman–Crippen MR) is 115 cm³/mol. The van der Waals surface area contributed by atoms with Gasteiger partial charge in [-0.05, 0) is 25.1 Å². The molecule has 0 radical (unpaired) electrons. The molecule has 148 valence electrons. The molecule has 1 saturated heterocycles. The summed E-state index contributed by atoms with van der Waals surface area (Å²) in [5.41, 5.74) is 0.355. The molecule has 3 aromatic carbocycles. The highest BCUT2D eigenvalue weighted by atomic mass is 35.5. The smallest absolute Gasteiger partial charge is 0.261 e. The second kappa shape index (κ2) is 8.57. The van der Waals surface area contributed by atoms with Crippen LogP contribution in [0.25, 0.3) is 10.8 Å². The molecule has 5 nitrogen and oxygen atoms in total.